The molecule has 0 spiro atoms. The van der Waals surface area contributed by atoms with Crippen LogP contribution in [0.1, 0.15) is 22.5 Å². The van der Waals surface area contributed by atoms with Gasteiger partial charge in [0.25, 0.3) is 0 Å². The van der Waals surface area contributed by atoms with Crippen molar-refractivity contribution in [1.82, 2.24) is 10.2 Å². The quantitative estimate of drug-likeness (QED) is 0.899. The first-order valence-corrected chi connectivity index (χ1v) is 7.53. The van der Waals surface area contributed by atoms with Crippen LogP contribution >= 0.6 is 0 Å². The molecule has 0 saturated carbocycles. The Kier molecular flexibility index (Phi) is 3.23. The molecule has 2 aromatic rings. The number of aromatic nitrogens is 2. The highest BCUT2D eigenvalue weighted by Gasteiger charge is 2.28. The van der Waals surface area contributed by atoms with Crippen molar-refractivity contribution in [2.45, 2.75) is 19.1 Å². The fourth-order valence-corrected chi connectivity index (χ4v) is 3.23. The van der Waals surface area contributed by atoms with Crippen molar-refractivity contribution in [3.63, 3.8) is 0 Å². The minimum absolute atomic E-state index is 0.0946. The molecule has 0 amide bonds. The monoisotopic (exact) mass is 315 g/mol. The van der Waals surface area contributed by atoms with Gasteiger partial charge in [0, 0.05) is 37.5 Å². The second kappa shape index (κ2) is 5.27. The maximum Gasteiger partial charge on any atom is 0.354 e. The molecule has 7 nitrogen and oxygen atoms in total. The number of benzene rings is 1. The Morgan fingerprint density at radius 3 is 3.13 bits per heavy atom. The van der Waals surface area contributed by atoms with Gasteiger partial charge in [-0.25, -0.2) is 4.79 Å². The SMILES string of the molecule is COC1CCN(c2ccc3c(c2)OCc2c-3n[nH]c2C(=O)O)C1. The molecule has 7 heteroatoms. The van der Waals surface area contributed by atoms with Gasteiger partial charge in [0.1, 0.15) is 18.1 Å². The summed E-state index contributed by atoms with van der Waals surface area (Å²) in [7, 11) is 1.74. The Hall–Kier alpha value is -2.54. The maximum atomic E-state index is 11.2. The van der Waals surface area contributed by atoms with E-state index >= 15 is 0 Å². The largest absolute Gasteiger partial charge is 0.488 e. The first-order valence-electron chi connectivity index (χ1n) is 7.53. The maximum absolute atomic E-state index is 11.2. The Morgan fingerprint density at radius 1 is 1.52 bits per heavy atom. The number of H-pyrrole nitrogens is 1. The summed E-state index contributed by atoms with van der Waals surface area (Å²) in [6.45, 7) is 2.03. The molecule has 3 heterocycles. The van der Waals surface area contributed by atoms with Gasteiger partial charge in [0.05, 0.1) is 11.7 Å². The van der Waals surface area contributed by atoms with Crippen LogP contribution in [0.15, 0.2) is 18.2 Å². The standard InChI is InChI=1S/C16H17N3O4/c1-22-10-4-5-19(7-10)9-2-3-11-13(6-9)23-8-12-14(11)17-18-15(12)16(20)21/h2-3,6,10H,4-5,7-8H2,1H3,(H,17,18)(H,20,21). The van der Waals surface area contributed by atoms with Gasteiger partial charge in [-0.15, -0.1) is 0 Å². The van der Waals surface area contributed by atoms with Gasteiger partial charge in [0.2, 0.25) is 0 Å². The Balaban J connectivity index is 1.67. The molecule has 120 valence electrons. The molecule has 1 fully saturated rings. The predicted molar refractivity (Wildman–Crippen MR) is 82.9 cm³/mol. The van der Waals surface area contributed by atoms with E-state index < -0.39 is 5.97 Å². The third-order valence-corrected chi connectivity index (χ3v) is 4.52. The fraction of sp³-hybridized carbons (Fsp3) is 0.375. The molecule has 1 aromatic heterocycles. The van der Waals surface area contributed by atoms with E-state index in [0.29, 0.717) is 11.3 Å². The van der Waals surface area contributed by atoms with E-state index in [1.807, 2.05) is 18.2 Å². The van der Waals surface area contributed by atoms with Crippen molar-refractivity contribution in [2.75, 3.05) is 25.1 Å². The second-order valence-corrected chi connectivity index (χ2v) is 5.79. The number of hydrogen-bond donors (Lipinski definition) is 2. The first kappa shape index (κ1) is 14.1. The molecule has 2 N–H and O–H groups in total. The zero-order chi connectivity index (χ0) is 16.0. The zero-order valence-electron chi connectivity index (χ0n) is 12.7. The molecule has 4 rings (SSSR count). The zero-order valence-corrected chi connectivity index (χ0v) is 12.7. The summed E-state index contributed by atoms with van der Waals surface area (Å²) >= 11 is 0. The minimum atomic E-state index is -1.02. The van der Waals surface area contributed by atoms with Crippen LogP contribution < -0.4 is 9.64 Å². The number of anilines is 1. The molecule has 23 heavy (non-hydrogen) atoms. The van der Waals surface area contributed by atoms with Gasteiger partial charge in [-0.3, -0.25) is 5.10 Å². The Bertz CT molecular complexity index is 771. The Labute approximate surface area is 132 Å². The molecule has 2 aliphatic rings. The van der Waals surface area contributed by atoms with Crippen LogP contribution in [-0.2, 0) is 11.3 Å². The molecule has 0 bridgehead atoms. The molecule has 1 aromatic carbocycles. The number of methoxy groups -OCH3 is 1. The molecule has 1 atom stereocenters. The molecule has 0 aliphatic carbocycles. The lowest BCUT2D eigenvalue weighted by Gasteiger charge is -2.22. The summed E-state index contributed by atoms with van der Waals surface area (Å²) < 4.78 is 11.2. The lowest BCUT2D eigenvalue weighted by molar-refractivity contribution is 0.0687. The average Bonchev–Trinajstić information content (AvgIpc) is 3.20. The second-order valence-electron chi connectivity index (χ2n) is 5.79. The average molecular weight is 315 g/mol. The summed E-state index contributed by atoms with van der Waals surface area (Å²) in [6.07, 6.45) is 1.28. The van der Waals surface area contributed by atoms with E-state index in [1.165, 1.54) is 0 Å². The van der Waals surface area contributed by atoms with Crippen molar-refractivity contribution >= 4 is 11.7 Å². The predicted octanol–water partition coefficient (Wildman–Crippen LogP) is 1.89. The van der Waals surface area contributed by atoms with Gasteiger partial charge >= 0.3 is 5.97 Å². The summed E-state index contributed by atoms with van der Waals surface area (Å²) in [5, 5.41) is 15.9. The van der Waals surface area contributed by atoms with Crippen molar-refractivity contribution in [3.05, 3.63) is 29.5 Å². The van der Waals surface area contributed by atoms with Crippen molar-refractivity contribution < 1.29 is 19.4 Å². The number of fused-ring (bicyclic) bond motifs is 3. The molecule has 1 unspecified atom stereocenters. The number of nitrogens with one attached hydrogen (secondary N) is 1. The number of aromatic amines is 1. The van der Waals surface area contributed by atoms with E-state index in [2.05, 4.69) is 15.1 Å². The lowest BCUT2D eigenvalue weighted by atomic mass is 10.0. The molecular weight excluding hydrogens is 298 g/mol. The summed E-state index contributed by atoms with van der Waals surface area (Å²) in [6, 6.07) is 5.95. The third kappa shape index (κ3) is 2.24. The number of ether oxygens (including phenoxy) is 2. The number of aromatic carboxylic acids is 1. The summed E-state index contributed by atoms with van der Waals surface area (Å²) in [5.74, 6) is -0.288. The van der Waals surface area contributed by atoms with Crippen LogP contribution in [0.25, 0.3) is 11.3 Å². The highest BCUT2D eigenvalue weighted by atomic mass is 16.5. The van der Waals surface area contributed by atoms with Crippen molar-refractivity contribution in [3.8, 4) is 17.0 Å². The van der Waals surface area contributed by atoms with Crippen LogP contribution in [0, 0.1) is 0 Å². The van der Waals surface area contributed by atoms with Gasteiger partial charge < -0.3 is 19.5 Å². The number of carbonyl (C=O) groups is 1. The number of hydrogen-bond acceptors (Lipinski definition) is 5. The van der Waals surface area contributed by atoms with E-state index in [1.54, 1.807) is 7.11 Å². The van der Waals surface area contributed by atoms with Crippen LogP contribution in [0.3, 0.4) is 0 Å². The van der Waals surface area contributed by atoms with Gasteiger partial charge in [0.15, 0.2) is 5.69 Å². The van der Waals surface area contributed by atoms with Crippen molar-refractivity contribution in [2.24, 2.45) is 0 Å². The van der Waals surface area contributed by atoms with Crippen LogP contribution in [0.5, 0.6) is 5.75 Å². The van der Waals surface area contributed by atoms with Gasteiger partial charge in [-0.05, 0) is 18.6 Å². The van der Waals surface area contributed by atoms with Gasteiger partial charge in [-0.1, -0.05) is 0 Å². The van der Waals surface area contributed by atoms with Crippen LogP contribution in [0.4, 0.5) is 5.69 Å². The van der Waals surface area contributed by atoms with E-state index in [4.69, 9.17) is 14.6 Å². The van der Waals surface area contributed by atoms with Crippen LogP contribution in [-0.4, -0.2) is 47.6 Å². The highest BCUT2D eigenvalue weighted by molar-refractivity contribution is 5.90. The smallest absolute Gasteiger partial charge is 0.354 e. The normalized spacial score (nSPS) is 19.2. The number of nitrogens with zero attached hydrogens (tertiary/aromatic N) is 2. The summed E-state index contributed by atoms with van der Waals surface area (Å²) in [5.41, 5.74) is 3.25. The molecular formula is C16H17N3O4. The topological polar surface area (TPSA) is 87.7 Å². The number of carboxylic acid groups (broad SMARTS) is 1. The van der Waals surface area contributed by atoms with E-state index in [9.17, 15) is 4.79 Å². The first-order chi connectivity index (χ1) is 11.2. The Morgan fingerprint density at radius 2 is 2.39 bits per heavy atom. The highest BCUT2D eigenvalue weighted by Crippen LogP contribution is 2.40. The number of carboxylic acids is 1. The fourth-order valence-electron chi connectivity index (χ4n) is 3.23. The summed E-state index contributed by atoms with van der Waals surface area (Å²) in [4.78, 5) is 13.5. The third-order valence-electron chi connectivity index (χ3n) is 4.52. The van der Waals surface area contributed by atoms with E-state index in [-0.39, 0.29) is 18.4 Å². The van der Waals surface area contributed by atoms with E-state index in [0.717, 1.165) is 36.5 Å². The van der Waals surface area contributed by atoms with Crippen LogP contribution in [0.2, 0.25) is 0 Å². The molecule has 1 saturated heterocycles. The number of rotatable bonds is 3. The lowest BCUT2D eigenvalue weighted by Crippen LogP contribution is -2.22. The van der Waals surface area contributed by atoms with Gasteiger partial charge in [-0.2, -0.15) is 5.10 Å². The molecule has 2 aliphatic heterocycles. The van der Waals surface area contributed by atoms with Crippen molar-refractivity contribution in [1.29, 1.82) is 0 Å². The minimum Gasteiger partial charge on any atom is -0.488 e. The molecule has 0 radical (unpaired) electrons.